The first-order valence-corrected chi connectivity index (χ1v) is 7.85. The smallest absolute Gasteiger partial charge is 0.318 e. The summed E-state index contributed by atoms with van der Waals surface area (Å²) in [7, 11) is -1.73. The van der Waals surface area contributed by atoms with Crippen LogP contribution in [0.4, 0.5) is 4.39 Å². The van der Waals surface area contributed by atoms with Crippen LogP contribution in [0.2, 0.25) is 0 Å². The van der Waals surface area contributed by atoms with E-state index in [0.29, 0.717) is 10.7 Å². The van der Waals surface area contributed by atoms with E-state index >= 15 is 0 Å². The molecule has 0 heterocycles. The zero-order valence-electron chi connectivity index (χ0n) is 12.5. The number of nitrogens with zero attached hydrogens (tertiary/aromatic N) is 1. The van der Waals surface area contributed by atoms with Crippen LogP contribution in [0, 0.1) is 5.82 Å². The van der Waals surface area contributed by atoms with Gasteiger partial charge < -0.3 is 14.6 Å². The Morgan fingerprint density at radius 2 is 1.82 bits per heavy atom. The van der Waals surface area contributed by atoms with Crippen molar-refractivity contribution < 1.29 is 32.2 Å². The number of benzene rings is 1. The van der Waals surface area contributed by atoms with E-state index in [1.165, 1.54) is 14.2 Å². The Hall–Kier alpha value is -1.87. The van der Waals surface area contributed by atoms with Gasteiger partial charge in [0.2, 0.25) is 10.0 Å². The Labute approximate surface area is 128 Å². The van der Waals surface area contributed by atoms with Gasteiger partial charge in [-0.3, -0.25) is 4.79 Å². The Morgan fingerprint density at radius 3 is 2.27 bits per heavy atom. The summed E-state index contributed by atoms with van der Waals surface area (Å²) in [6.07, 6.45) is 0.390. The molecule has 0 aliphatic heterocycles. The van der Waals surface area contributed by atoms with Crippen molar-refractivity contribution in [1.82, 2.24) is 4.31 Å². The predicted octanol–water partition coefficient (Wildman–Crippen LogP) is 1.33. The van der Waals surface area contributed by atoms with Crippen molar-refractivity contribution in [2.75, 3.05) is 27.3 Å². The maximum absolute atomic E-state index is 14.1. The van der Waals surface area contributed by atoms with Gasteiger partial charge in [0.05, 0.1) is 14.2 Å². The molecular weight excluding hydrogens is 317 g/mol. The SMILES string of the molecule is CCCN(CC(=O)O)S(=O)(=O)c1cc(OC)c(OC)cc1F. The number of carboxylic acid groups (broad SMARTS) is 1. The summed E-state index contributed by atoms with van der Waals surface area (Å²) in [4.78, 5) is 10.2. The lowest BCUT2D eigenvalue weighted by Crippen LogP contribution is -2.36. The molecule has 0 saturated heterocycles. The molecule has 1 N–H and O–H groups in total. The topological polar surface area (TPSA) is 93.1 Å². The van der Waals surface area contributed by atoms with Crippen molar-refractivity contribution in [1.29, 1.82) is 0 Å². The fourth-order valence-electron chi connectivity index (χ4n) is 1.86. The number of rotatable bonds is 8. The maximum Gasteiger partial charge on any atom is 0.318 e. The van der Waals surface area contributed by atoms with Crippen molar-refractivity contribution in [3.05, 3.63) is 17.9 Å². The van der Waals surface area contributed by atoms with Crippen LogP contribution < -0.4 is 9.47 Å². The number of hydrogen-bond acceptors (Lipinski definition) is 5. The highest BCUT2D eigenvalue weighted by Crippen LogP contribution is 2.33. The molecule has 0 aliphatic rings. The van der Waals surface area contributed by atoms with E-state index in [9.17, 15) is 17.6 Å². The number of carbonyl (C=O) groups is 1. The quantitative estimate of drug-likeness (QED) is 0.770. The standard InChI is InChI=1S/C13H18FNO6S/c1-4-5-15(8-13(16)17)22(18,19)12-7-11(21-3)10(20-2)6-9(12)14/h6-7H,4-5,8H2,1-3H3,(H,16,17). The minimum absolute atomic E-state index is 0.0363. The van der Waals surface area contributed by atoms with Crippen molar-refractivity contribution in [3.63, 3.8) is 0 Å². The third-order valence-electron chi connectivity index (χ3n) is 2.84. The molecule has 0 fully saturated rings. The number of aliphatic carboxylic acids is 1. The Bertz CT molecular complexity index is 646. The first kappa shape index (κ1) is 18.2. The van der Waals surface area contributed by atoms with E-state index in [1.54, 1.807) is 6.92 Å². The second-order valence-corrected chi connectivity index (χ2v) is 6.28. The monoisotopic (exact) mass is 335 g/mol. The third-order valence-corrected chi connectivity index (χ3v) is 4.70. The van der Waals surface area contributed by atoms with E-state index in [0.717, 1.165) is 12.1 Å². The second-order valence-electron chi connectivity index (χ2n) is 4.37. The van der Waals surface area contributed by atoms with E-state index in [1.807, 2.05) is 0 Å². The highest BCUT2D eigenvalue weighted by molar-refractivity contribution is 7.89. The Kier molecular flexibility index (Phi) is 6.12. The molecule has 7 nitrogen and oxygen atoms in total. The van der Waals surface area contributed by atoms with Gasteiger partial charge in [-0.15, -0.1) is 0 Å². The van der Waals surface area contributed by atoms with Gasteiger partial charge in [-0.25, -0.2) is 12.8 Å². The number of ether oxygens (including phenoxy) is 2. The van der Waals surface area contributed by atoms with Gasteiger partial charge in [-0.1, -0.05) is 6.92 Å². The zero-order valence-corrected chi connectivity index (χ0v) is 13.3. The molecule has 0 unspecified atom stereocenters. The molecule has 0 aromatic heterocycles. The lowest BCUT2D eigenvalue weighted by atomic mass is 10.3. The number of carboxylic acids is 1. The van der Waals surface area contributed by atoms with E-state index in [4.69, 9.17) is 14.6 Å². The molecule has 0 radical (unpaired) electrons. The summed E-state index contributed by atoms with van der Waals surface area (Å²) >= 11 is 0. The molecule has 0 saturated carbocycles. The molecule has 0 amide bonds. The highest BCUT2D eigenvalue weighted by Gasteiger charge is 2.30. The van der Waals surface area contributed by atoms with Crippen molar-refractivity contribution >= 4 is 16.0 Å². The summed E-state index contributed by atoms with van der Waals surface area (Å²) in [5.41, 5.74) is 0. The van der Waals surface area contributed by atoms with Crippen LogP contribution >= 0.6 is 0 Å². The highest BCUT2D eigenvalue weighted by atomic mass is 32.2. The number of methoxy groups -OCH3 is 2. The number of hydrogen-bond donors (Lipinski definition) is 1. The van der Waals surface area contributed by atoms with Gasteiger partial charge in [-0.2, -0.15) is 4.31 Å². The van der Waals surface area contributed by atoms with Crippen LogP contribution in [-0.2, 0) is 14.8 Å². The first-order chi connectivity index (χ1) is 10.3. The lowest BCUT2D eigenvalue weighted by molar-refractivity contribution is -0.137. The molecule has 1 aromatic rings. The van der Waals surface area contributed by atoms with Crippen molar-refractivity contribution in [2.45, 2.75) is 18.2 Å². The zero-order chi connectivity index (χ0) is 16.9. The molecule has 0 atom stereocenters. The molecule has 0 spiro atoms. The second kappa shape index (κ2) is 7.41. The maximum atomic E-state index is 14.1. The first-order valence-electron chi connectivity index (χ1n) is 6.41. The van der Waals surface area contributed by atoms with Crippen molar-refractivity contribution in [3.8, 4) is 11.5 Å². The van der Waals surface area contributed by atoms with E-state index in [2.05, 4.69) is 0 Å². The molecule has 9 heteroatoms. The van der Waals surface area contributed by atoms with Gasteiger partial charge in [0.1, 0.15) is 17.3 Å². The van der Waals surface area contributed by atoms with Gasteiger partial charge in [-0.05, 0) is 6.42 Å². The van der Waals surface area contributed by atoms with Crippen molar-refractivity contribution in [2.24, 2.45) is 0 Å². The van der Waals surface area contributed by atoms with Crippen LogP contribution in [0.25, 0.3) is 0 Å². The van der Waals surface area contributed by atoms with Crippen LogP contribution in [-0.4, -0.2) is 51.1 Å². The van der Waals surface area contributed by atoms with E-state index < -0.39 is 33.3 Å². The Morgan fingerprint density at radius 1 is 1.27 bits per heavy atom. The fraction of sp³-hybridized carbons (Fsp3) is 0.462. The van der Waals surface area contributed by atoms with Crippen LogP contribution in [0.3, 0.4) is 0 Å². The summed E-state index contributed by atoms with van der Waals surface area (Å²) in [6, 6.07) is 1.87. The number of sulfonamides is 1. The Balaban J connectivity index is 3.39. The molecule has 1 rings (SSSR count). The molecule has 0 bridgehead atoms. The fourth-order valence-corrected chi connectivity index (χ4v) is 3.40. The lowest BCUT2D eigenvalue weighted by Gasteiger charge is -2.20. The number of halogens is 1. The van der Waals surface area contributed by atoms with E-state index in [-0.39, 0.29) is 18.0 Å². The van der Waals surface area contributed by atoms with Gasteiger partial charge in [0, 0.05) is 18.7 Å². The van der Waals surface area contributed by atoms with Crippen LogP contribution in [0.1, 0.15) is 13.3 Å². The van der Waals surface area contributed by atoms with Gasteiger partial charge in [0.15, 0.2) is 11.5 Å². The summed E-state index contributed by atoms with van der Waals surface area (Å²) < 4.78 is 49.6. The third kappa shape index (κ3) is 3.86. The van der Waals surface area contributed by atoms with Crippen LogP contribution in [0.5, 0.6) is 11.5 Å². The van der Waals surface area contributed by atoms with Gasteiger partial charge in [0.25, 0.3) is 0 Å². The normalized spacial score (nSPS) is 11.5. The van der Waals surface area contributed by atoms with Gasteiger partial charge >= 0.3 is 5.97 Å². The molecule has 0 aliphatic carbocycles. The minimum Gasteiger partial charge on any atom is -0.493 e. The summed E-state index contributed by atoms with van der Waals surface area (Å²) in [5, 5.41) is 8.83. The minimum atomic E-state index is -4.30. The molecule has 1 aromatic carbocycles. The molecular formula is C13H18FNO6S. The largest absolute Gasteiger partial charge is 0.493 e. The average Bonchev–Trinajstić information content (AvgIpc) is 2.45. The average molecular weight is 335 g/mol. The molecule has 22 heavy (non-hydrogen) atoms. The van der Waals surface area contributed by atoms with Crippen LogP contribution in [0.15, 0.2) is 17.0 Å². The predicted molar refractivity (Wildman–Crippen MR) is 76.2 cm³/mol. The summed E-state index contributed by atoms with van der Waals surface area (Å²) in [6.45, 7) is 0.904. The molecule has 124 valence electrons. The summed E-state index contributed by atoms with van der Waals surface area (Å²) in [5.74, 6) is -2.28.